The van der Waals surface area contributed by atoms with Gasteiger partial charge in [0.15, 0.2) is 0 Å². The Balaban J connectivity index is 1.66. The molecule has 1 aliphatic heterocycles. The third kappa shape index (κ3) is 5.03. The quantitative estimate of drug-likeness (QED) is 0.776. The van der Waals surface area contributed by atoms with Gasteiger partial charge in [-0.1, -0.05) is 36.4 Å². The van der Waals surface area contributed by atoms with E-state index in [1.54, 1.807) is 11.1 Å². The van der Waals surface area contributed by atoms with E-state index in [4.69, 9.17) is 4.74 Å². The maximum absolute atomic E-state index is 12.0. The van der Waals surface area contributed by atoms with Crippen molar-refractivity contribution in [2.75, 3.05) is 19.6 Å². The van der Waals surface area contributed by atoms with Crippen molar-refractivity contribution >= 4 is 6.09 Å². The molecular weight excluding hydrogens is 314 g/mol. The van der Waals surface area contributed by atoms with Crippen molar-refractivity contribution < 1.29 is 9.53 Å². The molecular formula is C20H25N3O2. The maximum atomic E-state index is 12.0. The summed E-state index contributed by atoms with van der Waals surface area (Å²) in [6.45, 7) is 5.79. The van der Waals surface area contributed by atoms with Gasteiger partial charge in [0.2, 0.25) is 0 Å². The summed E-state index contributed by atoms with van der Waals surface area (Å²) in [5.41, 5.74) is 2.42. The van der Waals surface area contributed by atoms with E-state index < -0.39 is 0 Å². The highest BCUT2D eigenvalue weighted by molar-refractivity contribution is 5.68. The lowest BCUT2D eigenvalue weighted by Gasteiger charge is -2.34. The van der Waals surface area contributed by atoms with E-state index in [9.17, 15) is 4.79 Å². The van der Waals surface area contributed by atoms with Crippen LogP contribution in [0.4, 0.5) is 4.79 Å². The Kier molecular flexibility index (Phi) is 6.01. The number of hydrogen-bond acceptors (Lipinski definition) is 4. The van der Waals surface area contributed by atoms with Crippen molar-refractivity contribution in [2.24, 2.45) is 0 Å². The summed E-state index contributed by atoms with van der Waals surface area (Å²) < 4.78 is 5.63. The van der Waals surface area contributed by atoms with Crippen molar-refractivity contribution in [1.29, 1.82) is 0 Å². The molecule has 1 atom stereocenters. The fraction of sp³-hybridized carbons (Fsp3) is 0.400. The molecule has 5 heteroatoms. The average molecular weight is 339 g/mol. The van der Waals surface area contributed by atoms with Crippen LogP contribution in [-0.4, -0.2) is 46.6 Å². The molecule has 0 aliphatic carbocycles. The number of aromatic nitrogens is 1. The Morgan fingerprint density at radius 3 is 2.60 bits per heavy atom. The van der Waals surface area contributed by atoms with Crippen LogP contribution in [0.15, 0.2) is 54.9 Å². The van der Waals surface area contributed by atoms with Crippen LogP contribution in [0, 0.1) is 0 Å². The first-order chi connectivity index (χ1) is 12.2. The van der Waals surface area contributed by atoms with Gasteiger partial charge in [0.05, 0.1) is 0 Å². The van der Waals surface area contributed by atoms with Crippen molar-refractivity contribution in [3.05, 3.63) is 66.0 Å². The molecule has 0 N–H and O–H groups in total. The number of amides is 1. The van der Waals surface area contributed by atoms with E-state index in [-0.39, 0.29) is 12.2 Å². The van der Waals surface area contributed by atoms with Crippen LogP contribution in [0.25, 0.3) is 0 Å². The van der Waals surface area contributed by atoms with Crippen molar-refractivity contribution in [3.63, 3.8) is 0 Å². The molecule has 1 aromatic carbocycles. The molecule has 1 aromatic heterocycles. The predicted octanol–water partition coefficient (Wildman–Crippen LogP) is 3.31. The van der Waals surface area contributed by atoms with Crippen LogP contribution in [0.1, 0.15) is 24.5 Å². The van der Waals surface area contributed by atoms with E-state index in [0.29, 0.717) is 6.54 Å². The van der Waals surface area contributed by atoms with E-state index in [1.165, 1.54) is 5.56 Å². The largest absolute Gasteiger partial charge is 0.445 e. The smallest absolute Gasteiger partial charge is 0.410 e. The number of benzene rings is 1. The molecule has 3 rings (SSSR count). The zero-order chi connectivity index (χ0) is 17.5. The third-order valence-corrected chi connectivity index (χ3v) is 4.47. The van der Waals surface area contributed by atoms with E-state index in [1.807, 2.05) is 25.3 Å². The SMILES string of the molecule is CCN1CC[C@@H](CN(Cc2ccccc2)Cc2cccnc2)OC1=O. The number of carbonyl (C=O) groups is 1. The Labute approximate surface area is 149 Å². The summed E-state index contributed by atoms with van der Waals surface area (Å²) >= 11 is 0. The topological polar surface area (TPSA) is 45.7 Å². The zero-order valence-electron chi connectivity index (χ0n) is 14.7. The summed E-state index contributed by atoms with van der Waals surface area (Å²) in [5.74, 6) is 0. The first-order valence-corrected chi connectivity index (χ1v) is 8.85. The second-order valence-electron chi connectivity index (χ2n) is 6.39. The zero-order valence-corrected chi connectivity index (χ0v) is 14.7. The van der Waals surface area contributed by atoms with Gasteiger partial charge in [-0.25, -0.2) is 4.79 Å². The van der Waals surface area contributed by atoms with Crippen molar-refractivity contribution in [2.45, 2.75) is 32.5 Å². The number of pyridine rings is 1. The molecule has 2 heterocycles. The highest BCUT2D eigenvalue weighted by atomic mass is 16.6. The lowest BCUT2D eigenvalue weighted by Crippen LogP contribution is -2.45. The molecule has 0 unspecified atom stereocenters. The van der Waals surface area contributed by atoms with Gasteiger partial charge < -0.3 is 9.64 Å². The molecule has 0 bridgehead atoms. The number of hydrogen-bond donors (Lipinski definition) is 0. The van der Waals surface area contributed by atoms with Crippen LogP contribution >= 0.6 is 0 Å². The van der Waals surface area contributed by atoms with Crippen LogP contribution in [0.3, 0.4) is 0 Å². The Hall–Kier alpha value is -2.40. The maximum Gasteiger partial charge on any atom is 0.410 e. The van der Waals surface area contributed by atoms with Crippen LogP contribution in [0.5, 0.6) is 0 Å². The first-order valence-electron chi connectivity index (χ1n) is 8.85. The molecule has 0 saturated carbocycles. The van der Waals surface area contributed by atoms with Crippen LogP contribution in [-0.2, 0) is 17.8 Å². The Morgan fingerprint density at radius 2 is 1.92 bits per heavy atom. The lowest BCUT2D eigenvalue weighted by molar-refractivity contribution is 0.00721. The molecule has 25 heavy (non-hydrogen) atoms. The molecule has 2 aromatic rings. The monoisotopic (exact) mass is 339 g/mol. The second kappa shape index (κ2) is 8.62. The summed E-state index contributed by atoms with van der Waals surface area (Å²) in [7, 11) is 0. The molecule has 5 nitrogen and oxygen atoms in total. The molecule has 132 valence electrons. The van der Waals surface area contributed by atoms with Gasteiger partial charge in [-0.2, -0.15) is 0 Å². The third-order valence-electron chi connectivity index (χ3n) is 4.47. The number of carbonyl (C=O) groups excluding carboxylic acids is 1. The summed E-state index contributed by atoms with van der Waals surface area (Å²) in [6, 6.07) is 14.4. The molecule has 1 saturated heterocycles. The van der Waals surface area contributed by atoms with Gasteiger partial charge in [-0.3, -0.25) is 9.88 Å². The second-order valence-corrected chi connectivity index (χ2v) is 6.39. The Bertz CT molecular complexity index is 622. The molecule has 1 aliphatic rings. The number of cyclic esters (lactones) is 1. The highest BCUT2D eigenvalue weighted by Gasteiger charge is 2.27. The van der Waals surface area contributed by atoms with Crippen molar-refractivity contribution in [1.82, 2.24) is 14.8 Å². The molecule has 0 radical (unpaired) electrons. The van der Waals surface area contributed by atoms with E-state index in [0.717, 1.165) is 38.2 Å². The normalized spacial score (nSPS) is 17.6. The minimum absolute atomic E-state index is 0.0596. The Morgan fingerprint density at radius 1 is 1.16 bits per heavy atom. The van der Waals surface area contributed by atoms with E-state index >= 15 is 0 Å². The summed E-state index contributed by atoms with van der Waals surface area (Å²) in [6.07, 6.45) is 4.30. The van der Waals surface area contributed by atoms with Gasteiger partial charge >= 0.3 is 6.09 Å². The minimum atomic E-state index is -0.195. The number of ether oxygens (including phenoxy) is 1. The van der Waals surface area contributed by atoms with E-state index in [2.05, 4.69) is 40.2 Å². The van der Waals surface area contributed by atoms with Gasteiger partial charge in [0.1, 0.15) is 6.10 Å². The molecule has 1 amide bonds. The first kappa shape index (κ1) is 17.4. The fourth-order valence-electron chi connectivity index (χ4n) is 3.15. The number of rotatable bonds is 7. The van der Waals surface area contributed by atoms with Crippen molar-refractivity contribution in [3.8, 4) is 0 Å². The van der Waals surface area contributed by atoms with Gasteiger partial charge in [-0.05, 0) is 24.1 Å². The molecule has 1 fully saturated rings. The molecule has 0 spiro atoms. The summed E-state index contributed by atoms with van der Waals surface area (Å²) in [5, 5.41) is 0. The van der Waals surface area contributed by atoms with Gasteiger partial charge in [-0.15, -0.1) is 0 Å². The predicted molar refractivity (Wildman–Crippen MR) is 96.9 cm³/mol. The lowest BCUT2D eigenvalue weighted by atomic mass is 10.1. The van der Waals surface area contributed by atoms with Crippen LogP contribution in [0.2, 0.25) is 0 Å². The average Bonchev–Trinajstić information content (AvgIpc) is 2.63. The van der Waals surface area contributed by atoms with Gasteiger partial charge in [0.25, 0.3) is 0 Å². The van der Waals surface area contributed by atoms with Crippen LogP contribution < -0.4 is 0 Å². The number of nitrogens with zero attached hydrogens (tertiary/aromatic N) is 3. The standard InChI is InChI=1S/C20H25N3O2/c1-2-23-12-10-19(25-20(23)24)16-22(14-17-7-4-3-5-8-17)15-18-9-6-11-21-13-18/h3-9,11,13,19H,2,10,12,14-16H2,1H3/t19-/m0/s1. The minimum Gasteiger partial charge on any atom is -0.445 e. The van der Waals surface area contributed by atoms with Gasteiger partial charge in [0, 0.05) is 51.5 Å². The fourth-order valence-corrected chi connectivity index (χ4v) is 3.15. The summed E-state index contributed by atoms with van der Waals surface area (Å²) in [4.78, 5) is 20.3. The highest BCUT2D eigenvalue weighted by Crippen LogP contribution is 2.16.